The van der Waals surface area contributed by atoms with Crippen LogP contribution in [0.2, 0.25) is 0 Å². The van der Waals surface area contributed by atoms with Gasteiger partial charge in [-0.15, -0.1) is 0 Å². The molecule has 1 amide bonds. The molecule has 0 aliphatic rings. The van der Waals surface area contributed by atoms with Crippen LogP contribution < -0.4 is 5.43 Å². The van der Waals surface area contributed by atoms with E-state index in [9.17, 15) is 4.79 Å². The molecule has 0 fully saturated rings. The molecule has 30 heavy (non-hydrogen) atoms. The minimum absolute atomic E-state index is 0.275. The fourth-order valence-electron chi connectivity index (χ4n) is 3.67. The van der Waals surface area contributed by atoms with Crippen molar-refractivity contribution in [3.8, 4) is 5.69 Å². The number of fused-ring (bicyclic) bond motifs is 1. The van der Waals surface area contributed by atoms with E-state index >= 15 is 0 Å². The topological polar surface area (TPSA) is 77.1 Å². The molecule has 2 heterocycles. The highest BCUT2D eigenvalue weighted by atomic mass is 16.2. The third-order valence-electron chi connectivity index (χ3n) is 5.23. The molecule has 7 heteroatoms. The SMILES string of the molecule is CCn1c(C)nc2cc(C(=O)NN=Cc3c(C)nn(-c4ccccc4)c3C)ccc21. The number of para-hydroxylation sites is 1. The number of hydrazone groups is 1. The van der Waals surface area contributed by atoms with E-state index in [2.05, 4.69) is 32.1 Å². The molecule has 0 saturated carbocycles. The van der Waals surface area contributed by atoms with Crippen molar-refractivity contribution in [2.24, 2.45) is 5.10 Å². The van der Waals surface area contributed by atoms with Gasteiger partial charge in [0.2, 0.25) is 0 Å². The van der Waals surface area contributed by atoms with Gasteiger partial charge in [-0.1, -0.05) is 18.2 Å². The highest BCUT2D eigenvalue weighted by Gasteiger charge is 2.12. The maximum Gasteiger partial charge on any atom is 0.271 e. The zero-order valence-electron chi connectivity index (χ0n) is 17.5. The van der Waals surface area contributed by atoms with E-state index in [0.717, 1.165) is 46.0 Å². The Morgan fingerprint density at radius 3 is 2.63 bits per heavy atom. The van der Waals surface area contributed by atoms with Gasteiger partial charge in [-0.05, 0) is 58.0 Å². The fraction of sp³-hybridized carbons (Fsp3) is 0.217. The lowest BCUT2D eigenvalue weighted by atomic mass is 10.2. The van der Waals surface area contributed by atoms with Crippen molar-refractivity contribution in [1.82, 2.24) is 24.8 Å². The summed E-state index contributed by atoms with van der Waals surface area (Å²) in [5.74, 6) is 0.659. The smallest absolute Gasteiger partial charge is 0.271 e. The summed E-state index contributed by atoms with van der Waals surface area (Å²) < 4.78 is 3.99. The number of hydrogen-bond donors (Lipinski definition) is 1. The standard InChI is InChI=1S/C23H24N6O/c1-5-28-17(4)25-21-13-18(11-12-22(21)28)23(30)26-24-14-20-15(2)27-29(16(20)3)19-9-7-6-8-10-19/h6-14H,5H2,1-4H3,(H,26,30). The number of imidazole rings is 1. The minimum Gasteiger partial charge on any atom is -0.329 e. The summed E-state index contributed by atoms with van der Waals surface area (Å²) in [6.07, 6.45) is 1.64. The zero-order chi connectivity index (χ0) is 21.3. The number of benzene rings is 2. The van der Waals surface area contributed by atoms with Crippen LogP contribution in [-0.4, -0.2) is 31.5 Å². The number of aromatic nitrogens is 4. The molecule has 4 aromatic rings. The molecular formula is C23H24N6O. The Morgan fingerprint density at radius 2 is 1.90 bits per heavy atom. The van der Waals surface area contributed by atoms with Gasteiger partial charge in [0.1, 0.15) is 5.82 Å². The van der Waals surface area contributed by atoms with Crippen molar-refractivity contribution in [3.05, 3.63) is 76.9 Å². The molecule has 2 aromatic carbocycles. The quantitative estimate of drug-likeness (QED) is 0.407. The maximum atomic E-state index is 12.6. The fourth-order valence-corrected chi connectivity index (χ4v) is 3.67. The van der Waals surface area contributed by atoms with Gasteiger partial charge < -0.3 is 4.57 Å². The molecule has 0 saturated heterocycles. The summed E-state index contributed by atoms with van der Waals surface area (Å²) in [6.45, 7) is 8.79. The highest BCUT2D eigenvalue weighted by Crippen LogP contribution is 2.18. The molecule has 1 N–H and O–H groups in total. The van der Waals surface area contributed by atoms with Crippen molar-refractivity contribution in [2.75, 3.05) is 0 Å². The molecule has 2 aromatic heterocycles. The van der Waals surface area contributed by atoms with Gasteiger partial charge in [-0.2, -0.15) is 10.2 Å². The molecule has 0 aliphatic carbocycles. The number of aryl methyl sites for hydroxylation is 3. The number of amides is 1. The molecular weight excluding hydrogens is 376 g/mol. The molecule has 0 aliphatic heterocycles. The minimum atomic E-state index is -0.275. The van der Waals surface area contributed by atoms with E-state index in [-0.39, 0.29) is 5.91 Å². The van der Waals surface area contributed by atoms with Crippen LogP contribution >= 0.6 is 0 Å². The number of carbonyl (C=O) groups excluding carboxylic acids is 1. The van der Waals surface area contributed by atoms with Crippen molar-refractivity contribution < 1.29 is 4.79 Å². The monoisotopic (exact) mass is 400 g/mol. The van der Waals surface area contributed by atoms with Crippen LogP contribution in [0.4, 0.5) is 0 Å². The van der Waals surface area contributed by atoms with Crippen molar-refractivity contribution >= 4 is 23.2 Å². The van der Waals surface area contributed by atoms with Gasteiger partial charge in [0, 0.05) is 17.7 Å². The molecule has 0 radical (unpaired) electrons. The molecule has 7 nitrogen and oxygen atoms in total. The Balaban J connectivity index is 1.53. The van der Waals surface area contributed by atoms with E-state index in [0.29, 0.717) is 5.56 Å². The first kappa shape index (κ1) is 19.6. The third-order valence-corrected chi connectivity index (χ3v) is 5.23. The van der Waals surface area contributed by atoms with Gasteiger partial charge in [-0.3, -0.25) is 4.79 Å². The van der Waals surface area contributed by atoms with E-state index in [1.54, 1.807) is 18.3 Å². The number of hydrogen-bond acceptors (Lipinski definition) is 4. The van der Waals surface area contributed by atoms with Crippen LogP contribution in [0.5, 0.6) is 0 Å². The Labute approximate surface area is 175 Å². The second kappa shape index (κ2) is 7.94. The number of carbonyl (C=O) groups is 1. The van der Waals surface area contributed by atoms with Crippen molar-refractivity contribution in [2.45, 2.75) is 34.2 Å². The Kier molecular flexibility index (Phi) is 5.18. The van der Waals surface area contributed by atoms with Gasteiger partial charge in [0.05, 0.1) is 34.3 Å². The lowest BCUT2D eigenvalue weighted by Gasteiger charge is -2.04. The molecule has 152 valence electrons. The third kappa shape index (κ3) is 3.50. The number of rotatable bonds is 5. The molecule has 4 rings (SSSR count). The number of nitrogens with one attached hydrogen (secondary N) is 1. The van der Waals surface area contributed by atoms with Crippen LogP contribution in [0.15, 0.2) is 53.6 Å². The maximum absolute atomic E-state index is 12.6. The lowest BCUT2D eigenvalue weighted by molar-refractivity contribution is 0.0955. The first-order valence-electron chi connectivity index (χ1n) is 9.91. The Bertz CT molecular complexity index is 1250. The van der Waals surface area contributed by atoms with Gasteiger partial charge >= 0.3 is 0 Å². The predicted molar refractivity (Wildman–Crippen MR) is 118 cm³/mol. The average molecular weight is 400 g/mol. The first-order valence-corrected chi connectivity index (χ1v) is 9.91. The Hall–Kier alpha value is -3.74. The van der Waals surface area contributed by atoms with Gasteiger partial charge in [-0.25, -0.2) is 15.1 Å². The van der Waals surface area contributed by atoms with Gasteiger partial charge in [0.15, 0.2) is 0 Å². The zero-order valence-corrected chi connectivity index (χ0v) is 17.5. The summed E-state index contributed by atoms with van der Waals surface area (Å²) in [5, 5.41) is 8.75. The van der Waals surface area contributed by atoms with Crippen LogP contribution in [0, 0.1) is 20.8 Å². The lowest BCUT2D eigenvalue weighted by Crippen LogP contribution is -2.17. The molecule has 0 spiro atoms. The largest absolute Gasteiger partial charge is 0.329 e. The second-order valence-corrected chi connectivity index (χ2v) is 7.14. The summed E-state index contributed by atoms with van der Waals surface area (Å²) in [5.41, 5.74) is 8.63. The summed E-state index contributed by atoms with van der Waals surface area (Å²) in [4.78, 5) is 17.1. The van der Waals surface area contributed by atoms with Crippen molar-refractivity contribution in [3.63, 3.8) is 0 Å². The van der Waals surface area contributed by atoms with Crippen molar-refractivity contribution in [1.29, 1.82) is 0 Å². The predicted octanol–water partition coefficient (Wildman–Crippen LogP) is 3.93. The summed E-state index contributed by atoms with van der Waals surface area (Å²) >= 11 is 0. The van der Waals surface area contributed by atoms with Crippen LogP contribution in [0.3, 0.4) is 0 Å². The number of nitrogens with zero attached hydrogens (tertiary/aromatic N) is 5. The summed E-state index contributed by atoms with van der Waals surface area (Å²) in [6, 6.07) is 15.4. The molecule has 0 atom stereocenters. The highest BCUT2D eigenvalue weighted by molar-refractivity contribution is 5.98. The van der Waals surface area contributed by atoms with E-state index in [1.165, 1.54) is 0 Å². The molecule has 0 unspecified atom stereocenters. The Morgan fingerprint density at radius 1 is 1.13 bits per heavy atom. The summed E-state index contributed by atoms with van der Waals surface area (Å²) in [7, 11) is 0. The van der Waals surface area contributed by atoms with Crippen LogP contribution in [0.25, 0.3) is 16.7 Å². The first-order chi connectivity index (χ1) is 14.5. The van der Waals surface area contributed by atoms with Crippen LogP contribution in [-0.2, 0) is 6.54 Å². The van der Waals surface area contributed by atoms with Gasteiger partial charge in [0.25, 0.3) is 5.91 Å². The molecule has 0 bridgehead atoms. The normalized spacial score (nSPS) is 11.5. The van der Waals surface area contributed by atoms with E-state index in [4.69, 9.17) is 0 Å². The van der Waals surface area contributed by atoms with Crippen LogP contribution in [0.1, 0.15) is 40.1 Å². The average Bonchev–Trinajstić information content (AvgIpc) is 3.23. The van der Waals surface area contributed by atoms with E-state index < -0.39 is 0 Å². The van der Waals surface area contributed by atoms with E-state index in [1.807, 2.05) is 61.9 Å². The second-order valence-electron chi connectivity index (χ2n) is 7.14.